The summed E-state index contributed by atoms with van der Waals surface area (Å²) in [5.41, 5.74) is 1.80. The Morgan fingerprint density at radius 1 is 1.18 bits per heavy atom. The molecule has 0 amide bonds. The molecule has 1 aromatic heterocycles. The van der Waals surface area contributed by atoms with E-state index in [4.69, 9.17) is 4.99 Å². The van der Waals surface area contributed by atoms with Crippen LogP contribution in [0.25, 0.3) is 0 Å². The zero-order valence-corrected chi connectivity index (χ0v) is 16.9. The van der Waals surface area contributed by atoms with E-state index in [1.165, 1.54) is 6.07 Å². The molecule has 1 N–H and O–H groups in total. The van der Waals surface area contributed by atoms with Crippen LogP contribution in [0.15, 0.2) is 47.6 Å². The van der Waals surface area contributed by atoms with Crippen molar-refractivity contribution in [1.82, 2.24) is 15.2 Å². The van der Waals surface area contributed by atoms with Crippen molar-refractivity contribution >= 4 is 17.5 Å². The molecule has 0 radical (unpaired) electrons. The number of hydrogen-bond acceptors (Lipinski definition) is 4. The summed E-state index contributed by atoms with van der Waals surface area (Å²) >= 11 is 0. The summed E-state index contributed by atoms with van der Waals surface area (Å²) in [6.07, 6.45) is 1.82. The molecule has 7 heteroatoms. The van der Waals surface area contributed by atoms with Crippen LogP contribution in [0.2, 0.25) is 0 Å². The second-order valence-electron chi connectivity index (χ2n) is 7.01. The zero-order chi connectivity index (χ0) is 19.9. The van der Waals surface area contributed by atoms with Crippen LogP contribution in [0.1, 0.15) is 12.5 Å². The Labute approximate surface area is 166 Å². The average Bonchev–Trinajstić information content (AvgIpc) is 2.72. The maximum absolute atomic E-state index is 14.0. The fourth-order valence-electron chi connectivity index (χ4n) is 3.26. The highest BCUT2D eigenvalue weighted by molar-refractivity contribution is 5.80. The van der Waals surface area contributed by atoms with Crippen molar-refractivity contribution in [3.8, 4) is 0 Å². The van der Waals surface area contributed by atoms with E-state index >= 15 is 0 Å². The van der Waals surface area contributed by atoms with Crippen LogP contribution in [0.4, 0.5) is 15.9 Å². The number of benzene rings is 1. The maximum Gasteiger partial charge on any atom is 0.194 e. The lowest BCUT2D eigenvalue weighted by Crippen LogP contribution is -2.52. The van der Waals surface area contributed by atoms with Crippen molar-refractivity contribution in [3.63, 3.8) is 0 Å². The Balaban J connectivity index is 1.65. The van der Waals surface area contributed by atoms with Gasteiger partial charge < -0.3 is 20.0 Å². The smallest absolute Gasteiger partial charge is 0.194 e. The average molecular weight is 385 g/mol. The molecule has 1 saturated heterocycles. The third-order valence-electron chi connectivity index (χ3n) is 4.79. The lowest BCUT2D eigenvalue weighted by molar-refractivity contribution is 0.370. The van der Waals surface area contributed by atoms with Gasteiger partial charge in [-0.3, -0.25) is 0 Å². The molecule has 0 aliphatic carbocycles. The van der Waals surface area contributed by atoms with E-state index in [-0.39, 0.29) is 5.82 Å². The molecule has 0 unspecified atom stereocenters. The summed E-state index contributed by atoms with van der Waals surface area (Å²) in [5, 5.41) is 3.38. The van der Waals surface area contributed by atoms with Crippen molar-refractivity contribution < 1.29 is 4.39 Å². The van der Waals surface area contributed by atoms with Gasteiger partial charge in [-0.25, -0.2) is 14.4 Å². The predicted octanol–water partition coefficient (Wildman–Crippen LogP) is 2.57. The first-order valence-electron chi connectivity index (χ1n) is 9.73. The van der Waals surface area contributed by atoms with Gasteiger partial charge in [0.25, 0.3) is 0 Å². The summed E-state index contributed by atoms with van der Waals surface area (Å²) in [4.78, 5) is 15.5. The van der Waals surface area contributed by atoms with E-state index in [0.717, 1.165) is 50.1 Å². The van der Waals surface area contributed by atoms with Crippen LogP contribution in [-0.2, 0) is 6.54 Å². The molecule has 6 nitrogen and oxygen atoms in total. The molecule has 150 valence electrons. The molecule has 0 saturated carbocycles. The normalized spacial score (nSPS) is 14.9. The number of anilines is 2. The Bertz CT molecular complexity index is 799. The lowest BCUT2D eigenvalue weighted by Gasteiger charge is -2.37. The van der Waals surface area contributed by atoms with Crippen LogP contribution in [0.5, 0.6) is 0 Å². The van der Waals surface area contributed by atoms with Crippen molar-refractivity contribution in [2.75, 3.05) is 56.6 Å². The van der Waals surface area contributed by atoms with Crippen molar-refractivity contribution in [3.05, 3.63) is 54.0 Å². The number of nitrogens with zero attached hydrogens (tertiary/aromatic N) is 5. The van der Waals surface area contributed by atoms with Gasteiger partial charge in [-0.1, -0.05) is 12.1 Å². The Kier molecular flexibility index (Phi) is 6.68. The van der Waals surface area contributed by atoms with Gasteiger partial charge in [0, 0.05) is 53.0 Å². The van der Waals surface area contributed by atoms with Crippen LogP contribution in [0.3, 0.4) is 0 Å². The van der Waals surface area contributed by atoms with Crippen molar-refractivity contribution in [2.24, 2.45) is 4.99 Å². The van der Waals surface area contributed by atoms with Gasteiger partial charge in [0.15, 0.2) is 5.96 Å². The first-order chi connectivity index (χ1) is 13.6. The first kappa shape index (κ1) is 19.9. The molecule has 1 fully saturated rings. The molecule has 2 heterocycles. The minimum atomic E-state index is -0.161. The second kappa shape index (κ2) is 9.39. The van der Waals surface area contributed by atoms with E-state index in [0.29, 0.717) is 12.2 Å². The summed E-state index contributed by atoms with van der Waals surface area (Å²) in [7, 11) is 3.96. The van der Waals surface area contributed by atoms with Crippen LogP contribution in [-0.4, -0.2) is 62.7 Å². The number of aliphatic imine (C=N–C) groups is 1. The fraction of sp³-hybridized carbons (Fsp3) is 0.429. The van der Waals surface area contributed by atoms with Gasteiger partial charge in [-0.15, -0.1) is 0 Å². The summed E-state index contributed by atoms with van der Waals surface area (Å²) < 4.78 is 14.0. The lowest BCUT2D eigenvalue weighted by atomic mass is 10.2. The number of halogens is 1. The number of hydrogen-bond donors (Lipinski definition) is 1. The van der Waals surface area contributed by atoms with Gasteiger partial charge >= 0.3 is 0 Å². The maximum atomic E-state index is 14.0. The van der Waals surface area contributed by atoms with Crippen molar-refractivity contribution in [2.45, 2.75) is 13.5 Å². The topological polar surface area (TPSA) is 47.0 Å². The number of pyridine rings is 1. The molecule has 1 aliphatic rings. The molecule has 1 aliphatic heterocycles. The monoisotopic (exact) mass is 384 g/mol. The quantitative estimate of drug-likeness (QED) is 0.634. The highest BCUT2D eigenvalue weighted by atomic mass is 19.1. The Hall–Kier alpha value is -2.83. The number of piperazine rings is 1. The fourth-order valence-corrected chi connectivity index (χ4v) is 3.26. The van der Waals surface area contributed by atoms with Gasteiger partial charge in [-0.2, -0.15) is 0 Å². The van der Waals surface area contributed by atoms with Crippen LogP contribution >= 0.6 is 0 Å². The largest absolute Gasteiger partial charge is 0.366 e. The van der Waals surface area contributed by atoms with E-state index < -0.39 is 0 Å². The second-order valence-corrected chi connectivity index (χ2v) is 7.01. The van der Waals surface area contributed by atoms with Crippen LogP contribution in [0, 0.1) is 5.82 Å². The standard InChI is InChI=1S/C21H29FN6/c1-4-23-21(25-16-17-9-10-24-20(15-17)26(2)3)28-13-11-27(12-14-28)19-8-6-5-7-18(19)22/h5-10,15H,4,11-14,16H2,1-3H3,(H,23,25). The van der Waals surface area contributed by atoms with E-state index in [2.05, 4.69) is 33.1 Å². The summed E-state index contributed by atoms with van der Waals surface area (Å²) in [5.74, 6) is 1.67. The van der Waals surface area contributed by atoms with Gasteiger partial charge in [0.2, 0.25) is 0 Å². The number of rotatable bonds is 5. The molecule has 1 aromatic carbocycles. The predicted molar refractivity (Wildman–Crippen MR) is 114 cm³/mol. The minimum absolute atomic E-state index is 0.161. The molecular formula is C21H29FN6. The Morgan fingerprint density at radius 3 is 2.61 bits per heavy atom. The van der Waals surface area contributed by atoms with Gasteiger partial charge in [0.1, 0.15) is 11.6 Å². The third-order valence-corrected chi connectivity index (χ3v) is 4.79. The SMILES string of the molecule is CCNC(=NCc1ccnc(N(C)C)c1)N1CCN(c2ccccc2F)CC1. The number of para-hydroxylation sites is 1. The van der Waals surface area contributed by atoms with Gasteiger partial charge in [0.05, 0.1) is 12.2 Å². The molecule has 0 spiro atoms. The zero-order valence-electron chi connectivity index (χ0n) is 16.9. The molecule has 3 rings (SSSR count). The first-order valence-corrected chi connectivity index (χ1v) is 9.73. The molecule has 2 aromatic rings. The molecular weight excluding hydrogens is 355 g/mol. The third kappa shape index (κ3) is 4.91. The highest BCUT2D eigenvalue weighted by Crippen LogP contribution is 2.20. The number of nitrogens with one attached hydrogen (secondary N) is 1. The molecule has 28 heavy (non-hydrogen) atoms. The van der Waals surface area contributed by atoms with Crippen molar-refractivity contribution in [1.29, 1.82) is 0 Å². The summed E-state index contributed by atoms with van der Waals surface area (Å²) in [6, 6.07) is 11.0. The van der Waals surface area contributed by atoms with Crippen LogP contribution < -0.4 is 15.1 Å². The molecule has 0 atom stereocenters. The van der Waals surface area contributed by atoms with E-state index in [1.807, 2.05) is 43.4 Å². The van der Waals surface area contributed by atoms with E-state index in [1.54, 1.807) is 6.07 Å². The number of guanidine groups is 1. The number of aromatic nitrogens is 1. The Morgan fingerprint density at radius 2 is 1.93 bits per heavy atom. The van der Waals surface area contributed by atoms with E-state index in [9.17, 15) is 4.39 Å². The minimum Gasteiger partial charge on any atom is -0.366 e. The van der Waals surface area contributed by atoms with Gasteiger partial charge in [-0.05, 0) is 36.8 Å². The highest BCUT2D eigenvalue weighted by Gasteiger charge is 2.21. The summed E-state index contributed by atoms with van der Waals surface area (Å²) in [6.45, 7) is 6.63. The molecule has 0 bridgehead atoms.